The molecule has 1 fully saturated rings. The molecule has 0 N–H and O–H groups in total. The van der Waals surface area contributed by atoms with Gasteiger partial charge >= 0.3 is 6.09 Å². The zero-order valence-electron chi connectivity index (χ0n) is 20.2. The largest absolute Gasteiger partial charge is 0.490 e. The molecule has 35 heavy (non-hydrogen) atoms. The van der Waals surface area contributed by atoms with Crippen LogP contribution in [0.5, 0.6) is 17.4 Å². The number of nitrogens with zero attached hydrogens (tertiary/aromatic N) is 2. The Morgan fingerprint density at radius 2 is 1.86 bits per heavy atom. The van der Waals surface area contributed by atoms with Crippen molar-refractivity contribution in [3.8, 4) is 17.4 Å². The molecule has 0 bridgehead atoms. The molecule has 2 heterocycles. The summed E-state index contributed by atoms with van der Waals surface area (Å²) in [7, 11) is -3.32. The number of carbonyl (C=O) groups is 1. The van der Waals surface area contributed by atoms with Gasteiger partial charge < -0.3 is 19.1 Å². The third-order valence-corrected chi connectivity index (χ3v) is 6.43. The normalized spacial score (nSPS) is 14.8. The number of pyridine rings is 1. The van der Waals surface area contributed by atoms with Gasteiger partial charge in [0, 0.05) is 44.5 Å². The van der Waals surface area contributed by atoms with Gasteiger partial charge in [0.2, 0.25) is 5.88 Å². The highest BCUT2D eigenvalue weighted by Gasteiger charge is 2.26. The van der Waals surface area contributed by atoms with Crippen molar-refractivity contribution in [1.82, 2.24) is 9.88 Å². The van der Waals surface area contributed by atoms with Crippen LogP contribution in [0.15, 0.2) is 24.4 Å². The van der Waals surface area contributed by atoms with E-state index in [-0.39, 0.29) is 47.7 Å². The molecular weight excluding hydrogens is 482 g/mol. The Morgan fingerprint density at radius 3 is 2.49 bits per heavy atom. The molecular formula is C24H30F2N2O6S. The minimum Gasteiger partial charge on any atom is -0.490 e. The Hall–Kier alpha value is -2.95. The highest BCUT2D eigenvalue weighted by Crippen LogP contribution is 2.33. The fourth-order valence-corrected chi connectivity index (χ4v) is 4.17. The van der Waals surface area contributed by atoms with E-state index in [4.69, 9.17) is 14.2 Å². The van der Waals surface area contributed by atoms with Gasteiger partial charge in [0.05, 0.1) is 17.4 Å². The van der Waals surface area contributed by atoms with Crippen molar-refractivity contribution in [2.75, 3.05) is 25.1 Å². The molecule has 3 rings (SSSR count). The van der Waals surface area contributed by atoms with Crippen molar-refractivity contribution >= 4 is 15.9 Å². The minimum absolute atomic E-state index is 0.0503. The Kier molecular flexibility index (Phi) is 8.52. The van der Waals surface area contributed by atoms with E-state index in [0.717, 1.165) is 18.4 Å². The van der Waals surface area contributed by atoms with Crippen molar-refractivity contribution < 1.29 is 36.2 Å². The number of likely N-dealkylation sites (tertiary alicyclic amines) is 1. The first kappa shape index (κ1) is 26.7. The van der Waals surface area contributed by atoms with Crippen LogP contribution in [0.2, 0.25) is 0 Å². The van der Waals surface area contributed by atoms with Gasteiger partial charge in [0.15, 0.2) is 11.6 Å². The van der Waals surface area contributed by atoms with Crippen LogP contribution in [0, 0.1) is 18.6 Å². The Labute approximate surface area is 204 Å². The summed E-state index contributed by atoms with van der Waals surface area (Å²) in [4.78, 5) is 17.8. The molecule has 0 unspecified atom stereocenters. The number of hydrogen-bond acceptors (Lipinski definition) is 7. The standard InChI is InChI=1S/C24H30F2N2O6S/c1-15(2)32-24(29)28-10-6-18(7-11-28)33-21-5-9-27-23(16(21)3)34-22-14-19(25)17(13-20(22)26)8-12-35(4,30)31/h5,9,13-15,18H,6-8,10-12H2,1-4H3. The minimum atomic E-state index is -3.32. The topological polar surface area (TPSA) is 95.0 Å². The van der Waals surface area contributed by atoms with Gasteiger partial charge in [-0.25, -0.2) is 27.0 Å². The fourth-order valence-electron chi connectivity index (χ4n) is 3.58. The quantitative estimate of drug-likeness (QED) is 0.516. The second kappa shape index (κ2) is 11.2. The van der Waals surface area contributed by atoms with Gasteiger partial charge in [-0.15, -0.1) is 0 Å². The van der Waals surface area contributed by atoms with Crippen LogP contribution < -0.4 is 9.47 Å². The van der Waals surface area contributed by atoms with Crippen LogP contribution >= 0.6 is 0 Å². The highest BCUT2D eigenvalue weighted by molar-refractivity contribution is 7.90. The highest BCUT2D eigenvalue weighted by atomic mass is 32.2. The Morgan fingerprint density at radius 1 is 1.17 bits per heavy atom. The van der Waals surface area contributed by atoms with Crippen LogP contribution in [0.1, 0.15) is 37.8 Å². The summed E-state index contributed by atoms with van der Waals surface area (Å²) in [6.45, 7) is 6.29. The smallest absolute Gasteiger partial charge is 0.410 e. The monoisotopic (exact) mass is 512 g/mol. The van der Waals surface area contributed by atoms with Crippen molar-refractivity contribution in [2.24, 2.45) is 0 Å². The summed E-state index contributed by atoms with van der Waals surface area (Å²) in [6.07, 6.45) is 2.89. The molecule has 1 saturated heterocycles. The van der Waals surface area contributed by atoms with E-state index in [0.29, 0.717) is 37.2 Å². The maximum atomic E-state index is 14.6. The van der Waals surface area contributed by atoms with Gasteiger partial charge in [-0.05, 0) is 44.9 Å². The first-order valence-electron chi connectivity index (χ1n) is 11.3. The van der Waals surface area contributed by atoms with Crippen LogP contribution in [0.4, 0.5) is 13.6 Å². The number of aryl methyl sites for hydroxylation is 1. The van der Waals surface area contributed by atoms with E-state index in [2.05, 4.69) is 4.98 Å². The molecule has 2 aromatic rings. The van der Waals surface area contributed by atoms with E-state index in [1.807, 2.05) is 0 Å². The SMILES string of the molecule is Cc1c(OC2CCN(C(=O)OC(C)C)CC2)ccnc1Oc1cc(F)c(CCS(C)(=O)=O)cc1F. The molecule has 11 heteroatoms. The average Bonchev–Trinajstić information content (AvgIpc) is 2.77. The van der Waals surface area contributed by atoms with E-state index in [9.17, 15) is 22.0 Å². The number of piperidine rings is 1. The molecule has 192 valence electrons. The predicted octanol–water partition coefficient (Wildman–Crippen LogP) is 4.44. The van der Waals surface area contributed by atoms with Gasteiger partial charge in [-0.3, -0.25) is 0 Å². The molecule has 8 nitrogen and oxygen atoms in total. The van der Waals surface area contributed by atoms with Crippen molar-refractivity contribution in [2.45, 2.75) is 52.2 Å². The lowest BCUT2D eigenvalue weighted by Gasteiger charge is -2.32. The molecule has 0 radical (unpaired) electrons. The van der Waals surface area contributed by atoms with Crippen LogP contribution in [-0.4, -0.2) is 61.7 Å². The van der Waals surface area contributed by atoms with Gasteiger partial charge in [0.1, 0.15) is 27.5 Å². The predicted molar refractivity (Wildman–Crippen MR) is 126 cm³/mol. The number of rotatable bonds is 8. The Balaban J connectivity index is 1.66. The van der Waals surface area contributed by atoms with E-state index < -0.39 is 21.5 Å². The molecule has 1 aliphatic rings. The maximum absolute atomic E-state index is 14.6. The number of aromatic nitrogens is 1. The summed E-state index contributed by atoms with van der Waals surface area (Å²) in [5.74, 6) is -1.70. The van der Waals surface area contributed by atoms with Crippen molar-refractivity contribution in [1.29, 1.82) is 0 Å². The second-order valence-corrected chi connectivity index (χ2v) is 11.1. The van der Waals surface area contributed by atoms with Crippen LogP contribution in [-0.2, 0) is 21.0 Å². The fraction of sp³-hybridized carbons (Fsp3) is 0.500. The lowest BCUT2D eigenvalue weighted by atomic mass is 10.1. The number of hydrogen-bond donors (Lipinski definition) is 0. The number of sulfone groups is 1. The maximum Gasteiger partial charge on any atom is 0.410 e. The lowest BCUT2D eigenvalue weighted by Crippen LogP contribution is -2.42. The second-order valence-electron chi connectivity index (χ2n) is 8.83. The molecule has 0 saturated carbocycles. The van der Waals surface area contributed by atoms with E-state index in [1.165, 1.54) is 6.20 Å². The Bertz CT molecular complexity index is 1160. The summed E-state index contributed by atoms with van der Waals surface area (Å²) >= 11 is 0. The van der Waals surface area contributed by atoms with Crippen molar-refractivity contribution in [3.63, 3.8) is 0 Å². The van der Waals surface area contributed by atoms with Gasteiger partial charge in [-0.1, -0.05) is 0 Å². The molecule has 0 aliphatic carbocycles. The summed E-state index contributed by atoms with van der Waals surface area (Å²) in [5, 5.41) is 0. The number of benzene rings is 1. The average molecular weight is 513 g/mol. The van der Waals surface area contributed by atoms with E-state index in [1.54, 1.807) is 31.7 Å². The first-order chi connectivity index (χ1) is 16.4. The molecule has 0 spiro atoms. The first-order valence-corrected chi connectivity index (χ1v) is 13.4. The lowest BCUT2D eigenvalue weighted by molar-refractivity contribution is 0.0515. The molecule has 1 aliphatic heterocycles. The summed E-state index contributed by atoms with van der Waals surface area (Å²) in [5.41, 5.74) is 0.459. The van der Waals surface area contributed by atoms with Crippen LogP contribution in [0.25, 0.3) is 0 Å². The third-order valence-electron chi connectivity index (χ3n) is 5.49. The van der Waals surface area contributed by atoms with Crippen molar-refractivity contribution in [3.05, 3.63) is 47.2 Å². The molecule has 1 aromatic carbocycles. The van der Waals surface area contributed by atoms with Gasteiger partial charge in [0.25, 0.3) is 0 Å². The number of carbonyl (C=O) groups excluding carboxylic acids is 1. The zero-order chi connectivity index (χ0) is 25.8. The number of halogens is 2. The molecule has 1 aromatic heterocycles. The molecule has 0 atom stereocenters. The zero-order valence-corrected chi connectivity index (χ0v) is 21.0. The van der Waals surface area contributed by atoms with Crippen LogP contribution in [0.3, 0.4) is 0 Å². The number of ether oxygens (including phenoxy) is 3. The third kappa shape index (κ3) is 7.51. The summed E-state index contributed by atoms with van der Waals surface area (Å²) < 4.78 is 68.5. The molecule has 1 amide bonds. The van der Waals surface area contributed by atoms with Gasteiger partial charge in [-0.2, -0.15) is 0 Å². The summed E-state index contributed by atoms with van der Waals surface area (Å²) in [6, 6.07) is 3.48. The van der Waals surface area contributed by atoms with E-state index >= 15 is 0 Å². The number of amides is 1.